The topological polar surface area (TPSA) is 85.4 Å². The molecule has 3 aromatic rings. The van der Waals surface area contributed by atoms with E-state index in [1.165, 1.54) is 23.7 Å². The number of aromatic nitrogens is 1. The van der Waals surface area contributed by atoms with Crippen molar-refractivity contribution in [2.24, 2.45) is 0 Å². The minimum atomic E-state index is -3.27. The predicted octanol–water partition coefficient (Wildman–Crippen LogP) is 3.83. The van der Waals surface area contributed by atoms with Gasteiger partial charge in [-0.1, -0.05) is 11.3 Å². The van der Waals surface area contributed by atoms with Gasteiger partial charge in [0.2, 0.25) is 5.91 Å². The first kappa shape index (κ1) is 19.7. The quantitative estimate of drug-likeness (QED) is 0.583. The average Bonchev–Trinajstić information content (AvgIpc) is 3.02. The second-order valence-corrected chi connectivity index (χ2v) is 9.96. The van der Waals surface area contributed by atoms with Crippen molar-refractivity contribution in [2.45, 2.75) is 16.2 Å². The molecule has 1 amide bonds. The maximum absolute atomic E-state index is 12.1. The molecule has 0 aliphatic heterocycles. The maximum atomic E-state index is 12.1. The molecule has 142 valence electrons. The number of fused-ring (bicyclic) bond motifs is 1. The molecule has 0 atom stereocenters. The summed E-state index contributed by atoms with van der Waals surface area (Å²) in [7, 11) is -1.65. The van der Waals surface area contributed by atoms with Gasteiger partial charge in [-0.25, -0.2) is 13.4 Å². The number of thiazole rings is 1. The second kappa shape index (κ2) is 8.28. The van der Waals surface area contributed by atoms with Crippen LogP contribution in [0.5, 0.6) is 5.75 Å². The SMILES string of the molecule is COc1ccc(SCCC(=O)Nc2nc3ccc(S(C)(=O)=O)cc3s2)cc1. The molecule has 0 fully saturated rings. The average molecular weight is 423 g/mol. The standard InChI is InChI=1S/C18H18N2O4S3/c1-24-12-3-5-13(6-4-12)25-10-9-17(21)20-18-19-15-8-7-14(27(2,22)23)11-16(15)26-18/h3-8,11H,9-10H2,1-2H3,(H,19,20,21). The van der Waals surface area contributed by atoms with Gasteiger partial charge in [-0.15, -0.1) is 11.8 Å². The van der Waals surface area contributed by atoms with Crippen LogP contribution in [0.25, 0.3) is 10.2 Å². The lowest BCUT2D eigenvalue weighted by atomic mass is 10.3. The van der Waals surface area contributed by atoms with Gasteiger partial charge in [0.05, 0.1) is 22.2 Å². The van der Waals surface area contributed by atoms with Crippen LogP contribution in [0, 0.1) is 0 Å². The van der Waals surface area contributed by atoms with E-state index in [0.29, 0.717) is 22.8 Å². The number of carbonyl (C=O) groups excluding carboxylic acids is 1. The number of amides is 1. The first-order valence-corrected chi connectivity index (χ1v) is 11.7. The summed E-state index contributed by atoms with van der Waals surface area (Å²) in [6.45, 7) is 0. The zero-order valence-electron chi connectivity index (χ0n) is 14.8. The van der Waals surface area contributed by atoms with Crippen molar-refractivity contribution >= 4 is 54.2 Å². The zero-order chi connectivity index (χ0) is 19.4. The van der Waals surface area contributed by atoms with Crippen molar-refractivity contribution < 1.29 is 17.9 Å². The van der Waals surface area contributed by atoms with Gasteiger partial charge in [0.25, 0.3) is 0 Å². The zero-order valence-corrected chi connectivity index (χ0v) is 17.2. The number of nitrogens with one attached hydrogen (secondary N) is 1. The van der Waals surface area contributed by atoms with Gasteiger partial charge in [0.1, 0.15) is 5.75 Å². The van der Waals surface area contributed by atoms with E-state index in [0.717, 1.165) is 15.3 Å². The highest BCUT2D eigenvalue weighted by atomic mass is 32.2. The number of ether oxygens (including phenoxy) is 1. The molecule has 1 N–H and O–H groups in total. The van der Waals surface area contributed by atoms with Crippen LogP contribution in [0.4, 0.5) is 5.13 Å². The molecule has 9 heteroatoms. The third-order valence-electron chi connectivity index (χ3n) is 3.69. The van der Waals surface area contributed by atoms with Gasteiger partial charge in [-0.05, 0) is 42.5 Å². The number of thioether (sulfide) groups is 1. The maximum Gasteiger partial charge on any atom is 0.226 e. The molecular weight excluding hydrogens is 404 g/mol. The molecule has 0 radical (unpaired) electrons. The van der Waals surface area contributed by atoms with Crippen LogP contribution >= 0.6 is 23.1 Å². The first-order valence-electron chi connectivity index (χ1n) is 8.02. The number of benzene rings is 2. The van der Waals surface area contributed by atoms with E-state index in [2.05, 4.69) is 10.3 Å². The Labute approximate surface area is 165 Å². The molecule has 0 unspecified atom stereocenters. The Bertz CT molecular complexity index is 1060. The summed E-state index contributed by atoms with van der Waals surface area (Å²) >= 11 is 2.85. The fourth-order valence-electron chi connectivity index (χ4n) is 2.30. The van der Waals surface area contributed by atoms with Gasteiger partial charge in [0, 0.05) is 23.3 Å². The molecular formula is C18H18N2O4S3. The van der Waals surface area contributed by atoms with Crippen LogP contribution in [-0.2, 0) is 14.6 Å². The van der Waals surface area contributed by atoms with Crippen LogP contribution in [0.2, 0.25) is 0 Å². The summed E-state index contributed by atoms with van der Waals surface area (Å²) in [5.74, 6) is 1.31. The van der Waals surface area contributed by atoms with Crippen LogP contribution in [-0.4, -0.2) is 38.4 Å². The summed E-state index contributed by atoms with van der Waals surface area (Å²) in [4.78, 5) is 17.8. The minimum Gasteiger partial charge on any atom is -0.497 e. The number of hydrogen-bond donors (Lipinski definition) is 1. The Balaban J connectivity index is 1.57. The number of carbonyl (C=O) groups is 1. The summed E-state index contributed by atoms with van der Waals surface area (Å²) in [5, 5.41) is 3.25. The largest absolute Gasteiger partial charge is 0.497 e. The number of rotatable bonds is 7. The molecule has 0 aliphatic carbocycles. The van der Waals surface area contributed by atoms with E-state index in [4.69, 9.17) is 4.74 Å². The number of methoxy groups -OCH3 is 1. The molecule has 3 rings (SSSR count). The molecule has 27 heavy (non-hydrogen) atoms. The molecule has 1 aromatic heterocycles. The van der Waals surface area contributed by atoms with Crippen molar-refractivity contribution in [2.75, 3.05) is 24.4 Å². The van der Waals surface area contributed by atoms with E-state index in [-0.39, 0.29) is 10.8 Å². The van der Waals surface area contributed by atoms with Gasteiger partial charge >= 0.3 is 0 Å². The van der Waals surface area contributed by atoms with Gasteiger partial charge in [-0.3, -0.25) is 4.79 Å². The Morgan fingerprint density at radius 2 is 1.96 bits per heavy atom. The lowest BCUT2D eigenvalue weighted by Crippen LogP contribution is -2.11. The Kier molecular flexibility index (Phi) is 6.03. The van der Waals surface area contributed by atoms with Crippen LogP contribution < -0.4 is 10.1 Å². The summed E-state index contributed by atoms with van der Waals surface area (Å²) < 4.78 is 29.1. The fourth-order valence-corrected chi connectivity index (χ4v) is 4.80. The van der Waals surface area contributed by atoms with Gasteiger partial charge in [-0.2, -0.15) is 0 Å². The third kappa shape index (κ3) is 5.21. The predicted molar refractivity (Wildman–Crippen MR) is 110 cm³/mol. The highest BCUT2D eigenvalue weighted by molar-refractivity contribution is 7.99. The first-order chi connectivity index (χ1) is 12.8. The molecule has 1 heterocycles. The highest BCUT2D eigenvalue weighted by Crippen LogP contribution is 2.28. The smallest absolute Gasteiger partial charge is 0.226 e. The summed E-state index contributed by atoms with van der Waals surface area (Å²) in [6.07, 6.45) is 1.51. The van der Waals surface area contributed by atoms with E-state index in [9.17, 15) is 13.2 Å². The summed E-state index contributed by atoms with van der Waals surface area (Å²) in [6, 6.07) is 12.4. The lowest BCUT2D eigenvalue weighted by Gasteiger charge is -2.03. The molecule has 0 saturated heterocycles. The normalized spacial score (nSPS) is 11.5. The van der Waals surface area contributed by atoms with Gasteiger partial charge < -0.3 is 10.1 Å². The number of nitrogens with zero attached hydrogens (tertiary/aromatic N) is 1. The van der Waals surface area contributed by atoms with E-state index in [1.807, 2.05) is 24.3 Å². The Hall–Kier alpha value is -2.10. The van der Waals surface area contributed by atoms with Crippen molar-refractivity contribution in [3.8, 4) is 5.75 Å². The molecule has 0 aliphatic rings. The van der Waals surface area contributed by atoms with Gasteiger partial charge in [0.15, 0.2) is 15.0 Å². The van der Waals surface area contributed by atoms with E-state index >= 15 is 0 Å². The Morgan fingerprint density at radius 3 is 2.63 bits per heavy atom. The molecule has 6 nitrogen and oxygen atoms in total. The van der Waals surface area contributed by atoms with Crippen molar-refractivity contribution in [3.63, 3.8) is 0 Å². The molecule has 0 saturated carbocycles. The van der Waals surface area contributed by atoms with E-state index < -0.39 is 9.84 Å². The highest BCUT2D eigenvalue weighted by Gasteiger charge is 2.12. The number of anilines is 1. The number of sulfone groups is 1. The third-order valence-corrected chi connectivity index (χ3v) is 6.75. The van der Waals surface area contributed by atoms with E-state index in [1.54, 1.807) is 31.0 Å². The number of hydrogen-bond acceptors (Lipinski definition) is 7. The lowest BCUT2D eigenvalue weighted by molar-refractivity contribution is -0.115. The molecule has 0 bridgehead atoms. The van der Waals surface area contributed by atoms with Crippen molar-refractivity contribution in [1.29, 1.82) is 0 Å². The minimum absolute atomic E-state index is 0.126. The van der Waals surface area contributed by atoms with Crippen LogP contribution in [0.3, 0.4) is 0 Å². The van der Waals surface area contributed by atoms with Crippen LogP contribution in [0.15, 0.2) is 52.3 Å². The van der Waals surface area contributed by atoms with Crippen molar-refractivity contribution in [3.05, 3.63) is 42.5 Å². The Morgan fingerprint density at radius 1 is 1.22 bits per heavy atom. The van der Waals surface area contributed by atoms with Crippen molar-refractivity contribution in [1.82, 2.24) is 4.98 Å². The second-order valence-electron chi connectivity index (χ2n) is 5.74. The summed E-state index contributed by atoms with van der Waals surface area (Å²) in [5.41, 5.74) is 0.662. The molecule has 0 spiro atoms. The monoisotopic (exact) mass is 422 g/mol. The van der Waals surface area contributed by atoms with Crippen LogP contribution in [0.1, 0.15) is 6.42 Å². The molecule has 2 aromatic carbocycles. The fraction of sp³-hybridized carbons (Fsp3) is 0.222.